The molecule has 1 saturated carbocycles. The Morgan fingerprint density at radius 2 is 1.92 bits per heavy atom. The highest BCUT2D eigenvalue weighted by Gasteiger charge is 2.59. The van der Waals surface area contributed by atoms with Gasteiger partial charge in [-0.1, -0.05) is 46.6 Å². The third-order valence-corrected chi connectivity index (χ3v) is 8.28. The van der Waals surface area contributed by atoms with E-state index in [1.54, 1.807) is 0 Å². The quantitative estimate of drug-likeness (QED) is 0.610. The third-order valence-electron chi connectivity index (χ3n) is 8.28. The second-order valence-corrected chi connectivity index (χ2v) is 9.55. The summed E-state index contributed by atoms with van der Waals surface area (Å²) in [6.07, 6.45) is 10.4. The minimum atomic E-state index is -0.350. The zero-order chi connectivity index (χ0) is 19.0. The van der Waals surface area contributed by atoms with E-state index in [2.05, 4.69) is 34.6 Å². The lowest BCUT2D eigenvalue weighted by Crippen LogP contribution is -2.46. The smallest absolute Gasteiger partial charge is 0.174 e. The van der Waals surface area contributed by atoms with Gasteiger partial charge in [-0.05, 0) is 55.4 Å². The van der Waals surface area contributed by atoms with E-state index in [4.69, 9.17) is 9.47 Å². The zero-order valence-corrected chi connectivity index (χ0v) is 17.5. The Labute approximate surface area is 159 Å². The first kappa shape index (κ1) is 20.1. The molecule has 2 aliphatic carbocycles. The molecule has 0 N–H and O–H groups in total. The Morgan fingerprint density at radius 1 is 1.23 bits per heavy atom. The second kappa shape index (κ2) is 7.39. The molecule has 1 saturated heterocycles. The van der Waals surface area contributed by atoms with Gasteiger partial charge in [-0.15, -0.1) is 0 Å². The molecule has 4 atom stereocenters. The van der Waals surface area contributed by atoms with Crippen molar-refractivity contribution in [2.45, 2.75) is 91.8 Å². The van der Waals surface area contributed by atoms with E-state index in [-0.39, 0.29) is 16.6 Å². The van der Waals surface area contributed by atoms with Gasteiger partial charge >= 0.3 is 0 Å². The molecule has 148 valence electrons. The number of carbonyl (C=O) groups is 1. The second-order valence-electron chi connectivity index (χ2n) is 9.55. The maximum absolute atomic E-state index is 12.0. The molecule has 1 heterocycles. The summed E-state index contributed by atoms with van der Waals surface area (Å²) in [4.78, 5) is 12.0. The topological polar surface area (TPSA) is 35.5 Å². The fourth-order valence-corrected chi connectivity index (χ4v) is 5.75. The van der Waals surface area contributed by atoms with Crippen LogP contribution in [0.25, 0.3) is 0 Å². The third kappa shape index (κ3) is 3.20. The van der Waals surface area contributed by atoms with Gasteiger partial charge in [0.25, 0.3) is 0 Å². The van der Waals surface area contributed by atoms with Crippen LogP contribution in [-0.2, 0) is 14.3 Å². The van der Waals surface area contributed by atoms with Crippen LogP contribution in [0.4, 0.5) is 0 Å². The molecule has 0 amide bonds. The van der Waals surface area contributed by atoms with Crippen LogP contribution < -0.4 is 0 Å². The van der Waals surface area contributed by atoms with Crippen LogP contribution in [0.3, 0.4) is 0 Å². The summed E-state index contributed by atoms with van der Waals surface area (Å²) in [5.74, 6) is 1.16. The Morgan fingerprint density at radius 3 is 2.58 bits per heavy atom. The lowest BCUT2D eigenvalue weighted by molar-refractivity contribution is -0.226. The highest BCUT2D eigenvalue weighted by Crippen LogP contribution is 2.58. The molecule has 0 bridgehead atoms. The molecule has 1 aliphatic heterocycles. The summed E-state index contributed by atoms with van der Waals surface area (Å²) >= 11 is 0. The lowest BCUT2D eigenvalue weighted by Gasteiger charge is -2.45. The van der Waals surface area contributed by atoms with Crippen molar-refractivity contribution >= 4 is 5.78 Å². The molecule has 0 aromatic heterocycles. The maximum Gasteiger partial charge on any atom is 0.174 e. The van der Waals surface area contributed by atoms with Gasteiger partial charge in [-0.3, -0.25) is 4.79 Å². The summed E-state index contributed by atoms with van der Waals surface area (Å²) in [5.41, 5.74) is 1.64. The van der Waals surface area contributed by atoms with E-state index in [0.717, 1.165) is 45.3 Å². The van der Waals surface area contributed by atoms with Crippen LogP contribution >= 0.6 is 0 Å². The van der Waals surface area contributed by atoms with Crippen molar-refractivity contribution in [3.05, 3.63) is 11.6 Å². The zero-order valence-electron chi connectivity index (χ0n) is 17.5. The molecule has 3 rings (SSSR count). The van der Waals surface area contributed by atoms with E-state index < -0.39 is 0 Å². The molecule has 0 radical (unpaired) electrons. The normalized spacial score (nSPS) is 38.0. The van der Waals surface area contributed by atoms with Crippen molar-refractivity contribution in [1.82, 2.24) is 0 Å². The molecular formula is C23H38O3. The van der Waals surface area contributed by atoms with Crippen LogP contribution in [0.2, 0.25) is 0 Å². The predicted molar refractivity (Wildman–Crippen MR) is 105 cm³/mol. The highest BCUT2D eigenvalue weighted by atomic mass is 16.7. The van der Waals surface area contributed by atoms with E-state index >= 15 is 0 Å². The van der Waals surface area contributed by atoms with Gasteiger partial charge in [-0.25, -0.2) is 0 Å². The summed E-state index contributed by atoms with van der Waals surface area (Å²) in [6.45, 7) is 13.2. The number of hydrogen-bond acceptors (Lipinski definition) is 3. The van der Waals surface area contributed by atoms with E-state index in [1.807, 2.05) is 6.08 Å². The molecule has 26 heavy (non-hydrogen) atoms. The first-order chi connectivity index (χ1) is 12.3. The molecule has 2 fully saturated rings. The molecule has 0 unspecified atom stereocenters. The molecule has 1 spiro atoms. The largest absolute Gasteiger partial charge is 0.347 e. The van der Waals surface area contributed by atoms with E-state index in [9.17, 15) is 4.79 Å². The summed E-state index contributed by atoms with van der Waals surface area (Å²) < 4.78 is 12.4. The Balaban J connectivity index is 1.74. The number of rotatable bonds is 6. The SMILES string of the molecule is CCCC1=CC(=O)CC[C@]1(C)[C@H](C)CC[C@@]1(C)[C@H](C)CCC12OCCO2. The Kier molecular flexibility index (Phi) is 5.71. The summed E-state index contributed by atoms with van der Waals surface area (Å²) in [6, 6.07) is 0. The Hall–Kier alpha value is -0.670. The van der Waals surface area contributed by atoms with Gasteiger partial charge in [-0.2, -0.15) is 0 Å². The Bertz CT molecular complexity index is 560. The minimum absolute atomic E-state index is 0.0905. The summed E-state index contributed by atoms with van der Waals surface area (Å²) in [5, 5.41) is 0. The van der Waals surface area contributed by atoms with Crippen LogP contribution in [0.1, 0.15) is 86.0 Å². The molecule has 3 heteroatoms. The number of ether oxygens (including phenoxy) is 2. The number of ketones is 1. The van der Waals surface area contributed by atoms with Crippen molar-refractivity contribution in [1.29, 1.82) is 0 Å². The average molecular weight is 363 g/mol. The van der Waals surface area contributed by atoms with Crippen molar-refractivity contribution in [2.75, 3.05) is 13.2 Å². The van der Waals surface area contributed by atoms with Crippen LogP contribution in [0.5, 0.6) is 0 Å². The van der Waals surface area contributed by atoms with Crippen LogP contribution in [0, 0.1) is 22.7 Å². The van der Waals surface area contributed by atoms with Gasteiger partial charge in [0.15, 0.2) is 11.6 Å². The van der Waals surface area contributed by atoms with Crippen LogP contribution in [0.15, 0.2) is 11.6 Å². The fourth-order valence-electron chi connectivity index (χ4n) is 5.75. The van der Waals surface area contributed by atoms with Crippen molar-refractivity contribution in [3.63, 3.8) is 0 Å². The number of carbonyl (C=O) groups excluding carboxylic acids is 1. The highest BCUT2D eigenvalue weighted by molar-refractivity contribution is 5.91. The van der Waals surface area contributed by atoms with Gasteiger partial charge in [0, 0.05) is 18.3 Å². The van der Waals surface area contributed by atoms with E-state index in [1.165, 1.54) is 18.4 Å². The first-order valence-corrected chi connectivity index (χ1v) is 10.8. The van der Waals surface area contributed by atoms with E-state index in [0.29, 0.717) is 24.0 Å². The fraction of sp³-hybridized carbons (Fsp3) is 0.870. The molecule has 3 nitrogen and oxygen atoms in total. The number of hydrogen-bond donors (Lipinski definition) is 0. The molecule has 0 aromatic carbocycles. The maximum atomic E-state index is 12.0. The van der Waals surface area contributed by atoms with Gasteiger partial charge in [0.05, 0.1) is 13.2 Å². The lowest BCUT2D eigenvalue weighted by atomic mass is 9.62. The average Bonchev–Trinajstić information content (AvgIpc) is 3.19. The molecular weight excluding hydrogens is 324 g/mol. The first-order valence-electron chi connectivity index (χ1n) is 10.8. The standard InChI is InChI=1S/C23H38O3/c1-6-7-19-16-20(24)10-11-21(19,4)17(2)8-12-22(5)18(3)9-13-23(22)25-14-15-26-23/h16-18H,6-15H2,1-5H3/t17-,18-,21-,22+/m1/s1. The van der Waals surface area contributed by atoms with Gasteiger partial charge < -0.3 is 9.47 Å². The minimum Gasteiger partial charge on any atom is -0.347 e. The van der Waals surface area contributed by atoms with Crippen molar-refractivity contribution in [3.8, 4) is 0 Å². The van der Waals surface area contributed by atoms with Crippen LogP contribution in [-0.4, -0.2) is 24.8 Å². The van der Waals surface area contributed by atoms with Crippen molar-refractivity contribution < 1.29 is 14.3 Å². The van der Waals surface area contributed by atoms with Gasteiger partial charge in [0.2, 0.25) is 0 Å². The monoisotopic (exact) mass is 362 g/mol. The predicted octanol–water partition coefficient (Wildman–Crippen LogP) is 5.68. The molecule has 0 aromatic rings. The van der Waals surface area contributed by atoms with Crippen molar-refractivity contribution in [2.24, 2.45) is 22.7 Å². The molecule has 3 aliphatic rings. The van der Waals surface area contributed by atoms with Gasteiger partial charge in [0.1, 0.15) is 0 Å². The summed E-state index contributed by atoms with van der Waals surface area (Å²) in [7, 11) is 0. The number of allylic oxidation sites excluding steroid dienone is 2.